The van der Waals surface area contributed by atoms with Crippen molar-refractivity contribution in [2.45, 2.75) is 39.7 Å². The molecule has 1 heterocycles. The van der Waals surface area contributed by atoms with Gasteiger partial charge < -0.3 is 4.90 Å². The normalized spacial score (nSPS) is 18.5. The van der Waals surface area contributed by atoms with Crippen LogP contribution in [0.4, 0.5) is 0 Å². The number of carbonyl (C=O) groups excluding carboxylic acids is 1. The first-order valence-electron chi connectivity index (χ1n) is 4.86. The summed E-state index contributed by atoms with van der Waals surface area (Å²) >= 11 is 0. The van der Waals surface area contributed by atoms with Gasteiger partial charge in [0.25, 0.3) is 0 Å². The minimum atomic E-state index is 0.190. The molecule has 0 aromatic rings. The maximum Gasteiger partial charge on any atom is 0.219 e. The van der Waals surface area contributed by atoms with Crippen LogP contribution < -0.4 is 0 Å². The van der Waals surface area contributed by atoms with Gasteiger partial charge in [0.05, 0.1) is 6.04 Å². The number of amides is 1. The summed E-state index contributed by atoms with van der Waals surface area (Å²) in [5.41, 5.74) is 1.14. The molecular weight excluding hydrogens is 164 g/mol. The van der Waals surface area contributed by atoms with Crippen LogP contribution in [0, 0.1) is 0 Å². The number of nitrogens with zero attached hydrogens (tertiary/aromatic N) is 2. The molecule has 1 amide bonds. The molecule has 0 aliphatic carbocycles. The largest absolute Gasteiger partial charge is 0.343 e. The lowest BCUT2D eigenvalue weighted by Gasteiger charge is -2.29. The van der Waals surface area contributed by atoms with Crippen LogP contribution in [-0.4, -0.2) is 35.7 Å². The smallest absolute Gasteiger partial charge is 0.219 e. The topological polar surface area (TPSA) is 32.7 Å². The first-order chi connectivity index (χ1) is 6.09. The SMILES string of the molecule is CC(=O)N1CCC(N=C(C)C)CC1. The van der Waals surface area contributed by atoms with Gasteiger partial charge in [0.15, 0.2) is 0 Å². The predicted molar refractivity (Wildman–Crippen MR) is 54.1 cm³/mol. The molecule has 74 valence electrons. The van der Waals surface area contributed by atoms with E-state index in [1.165, 1.54) is 0 Å². The Morgan fingerprint density at radius 3 is 2.15 bits per heavy atom. The number of piperidine rings is 1. The number of rotatable bonds is 1. The first kappa shape index (κ1) is 10.2. The Morgan fingerprint density at radius 2 is 1.77 bits per heavy atom. The molecule has 0 saturated carbocycles. The number of likely N-dealkylation sites (tertiary alicyclic amines) is 1. The monoisotopic (exact) mass is 182 g/mol. The van der Waals surface area contributed by atoms with E-state index in [1.54, 1.807) is 6.92 Å². The number of carbonyl (C=O) groups is 1. The maximum absolute atomic E-state index is 11.0. The predicted octanol–water partition coefficient (Wildman–Crippen LogP) is 1.48. The summed E-state index contributed by atoms with van der Waals surface area (Å²) in [4.78, 5) is 17.4. The number of aliphatic imine (C=N–C) groups is 1. The maximum atomic E-state index is 11.0. The summed E-state index contributed by atoms with van der Waals surface area (Å²) in [7, 11) is 0. The molecule has 0 N–H and O–H groups in total. The van der Waals surface area contributed by atoms with Gasteiger partial charge in [-0.25, -0.2) is 0 Å². The van der Waals surface area contributed by atoms with Gasteiger partial charge in [-0.3, -0.25) is 9.79 Å². The van der Waals surface area contributed by atoms with E-state index >= 15 is 0 Å². The van der Waals surface area contributed by atoms with Crippen molar-refractivity contribution in [1.82, 2.24) is 4.90 Å². The van der Waals surface area contributed by atoms with Crippen LogP contribution in [0.1, 0.15) is 33.6 Å². The molecule has 0 atom stereocenters. The molecule has 13 heavy (non-hydrogen) atoms. The zero-order valence-electron chi connectivity index (χ0n) is 8.71. The highest BCUT2D eigenvalue weighted by Crippen LogP contribution is 2.13. The lowest BCUT2D eigenvalue weighted by Crippen LogP contribution is -2.38. The zero-order chi connectivity index (χ0) is 9.84. The van der Waals surface area contributed by atoms with Crippen molar-refractivity contribution < 1.29 is 4.79 Å². The molecular formula is C10H18N2O. The molecule has 0 radical (unpaired) electrons. The molecule has 3 nitrogen and oxygen atoms in total. The van der Waals surface area contributed by atoms with Crippen molar-refractivity contribution in [3.63, 3.8) is 0 Å². The number of hydrogen-bond donors (Lipinski definition) is 0. The van der Waals surface area contributed by atoms with Crippen molar-refractivity contribution in [2.75, 3.05) is 13.1 Å². The van der Waals surface area contributed by atoms with Crippen LogP contribution >= 0.6 is 0 Å². The van der Waals surface area contributed by atoms with Crippen molar-refractivity contribution in [3.8, 4) is 0 Å². The molecule has 0 unspecified atom stereocenters. The van der Waals surface area contributed by atoms with Crippen LogP contribution in [0.15, 0.2) is 4.99 Å². The van der Waals surface area contributed by atoms with E-state index in [4.69, 9.17) is 0 Å². The Morgan fingerprint density at radius 1 is 1.23 bits per heavy atom. The van der Waals surface area contributed by atoms with E-state index in [0.29, 0.717) is 6.04 Å². The quantitative estimate of drug-likeness (QED) is 0.565. The molecule has 3 heteroatoms. The van der Waals surface area contributed by atoms with Gasteiger partial charge >= 0.3 is 0 Å². The first-order valence-corrected chi connectivity index (χ1v) is 4.86. The lowest BCUT2D eigenvalue weighted by molar-refractivity contribution is -0.129. The van der Waals surface area contributed by atoms with Gasteiger partial charge in [-0.1, -0.05) is 0 Å². The third-order valence-corrected chi connectivity index (χ3v) is 2.35. The standard InChI is InChI=1S/C10H18N2O/c1-8(2)11-10-4-6-12(7-5-10)9(3)13/h10H,4-7H2,1-3H3. The van der Waals surface area contributed by atoms with Crippen LogP contribution in [0.5, 0.6) is 0 Å². The Balaban J connectivity index is 2.39. The Bertz CT molecular complexity index is 211. The van der Waals surface area contributed by atoms with Gasteiger partial charge in [0.1, 0.15) is 0 Å². The van der Waals surface area contributed by atoms with Crippen LogP contribution in [0.2, 0.25) is 0 Å². The Labute approximate surface area is 79.8 Å². The average molecular weight is 182 g/mol. The summed E-state index contributed by atoms with van der Waals surface area (Å²) in [5.74, 6) is 0.190. The molecule has 1 rings (SSSR count). The molecule has 1 saturated heterocycles. The van der Waals surface area contributed by atoms with E-state index in [-0.39, 0.29) is 5.91 Å². The molecule has 1 aliphatic rings. The fourth-order valence-electron chi connectivity index (χ4n) is 1.68. The van der Waals surface area contributed by atoms with Gasteiger partial charge in [-0.15, -0.1) is 0 Å². The fourth-order valence-corrected chi connectivity index (χ4v) is 1.68. The van der Waals surface area contributed by atoms with Crippen LogP contribution in [0.3, 0.4) is 0 Å². The second kappa shape index (κ2) is 4.40. The second-order valence-electron chi connectivity index (χ2n) is 3.81. The van der Waals surface area contributed by atoms with Gasteiger partial charge in [0.2, 0.25) is 5.91 Å². The van der Waals surface area contributed by atoms with Crippen molar-refractivity contribution in [1.29, 1.82) is 0 Å². The highest BCUT2D eigenvalue weighted by Gasteiger charge is 2.19. The second-order valence-corrected chi connectivity index (χ2v) is 3.81. The number of hydrogen-bond acceptors (Lipinski definition) is 2. The minimum absolute atomic E-state index is 0.190. The minimum Gasteiger partial charge on any atom is -0.343 e. The van der Waals surface area contributed by atoms with E-state index in [0.717, 1.165) is 31.6 Å². The summed E-state index contributed by atoms with van der Waals surface area (Å²) in [5, 5.41) is 0. The highest BCUT2D eigenvalue weighted by molar-refractivity contribution is 5.79. The van der Waals surface area contributed by atoms with Crippen molar-refractivity contribution >= 4 is 11.6 Å². The average Bonchev–Trinajstić information content (AvgIpc) is 2.04. The lowest BCUT2D eigenvalue weighted by atomic mass is 10.1. The van der Waals surface area contributed by atoms with Gasteiger partial charge in [0, 0.05) is 25.7 Å². The van der Waals surface area contributed by atoms with Crippen molar-refractivity contribution in [2.24, 2.45) is 4.99 Å². The van der Waals surface area contributed by atoms with Crippen LogP contribution in [-0.2, 0) is 4.79 Å². The zero-order valence-corrected chi connectivity index (χ0v) is 8.71. The Kier molecular flexibility index (Phi) is 3.46. The van der Waals surface area contributed by atoms with Crippen molar-refractivity contribution in [3.05, 3.63) is 0 Å². The third-order valence-electron chi connectivity index (χ3n) is 2.35. The summed E-state index contributed by atoms with van der Waals surface area (Å²) in [6, 6.07) is 0.445. The molecule has 1 fully saturated rings. The third kappa shape index (κ3) is 3.17. The van der Waals surface area contributed by atoms with E-state index in [2.05, 4.69) is 4.99 Å². The van der Waals surface area contributed by atoms with Gasteiger partial charge in [-0.2, -0.15) is 0 Å². The van der Waals surface area contributed by atoms with E-state index in [9.17, 15) is 4.79 Å². The molecule has 0 aromatic heterocycles. The van der Waals surface area contributed by atoms with E-state index in [1.807, 2.05) is 18.7 Å². The van der Waals surface area contributed by atoms with Gasteiger partial charge in [-0.05, 0) is 26.7 Å². The summed E-state index contributed by atoms with van der Waals surface area (Å²) < 4.78 is 0. The molecule has 0 bridgehead atoms. The van der Waals surface area contributed by atoms with Crippen LogP contribution in [0.25, 0.3) is 0 Å². The molecule has 1 aliphatic heterocycles. The Hall–Kier alpha value is -0.860. The fraction of sp³-hybridized carbons (Fsp3) is 0.800. The molecule has 0 spiro atoms. The molecule has 0 aromatic carbocycles. The highest BCUT2D eigenvalue weighted by atomic mass is 16.2. The van der Waals surface area contributed by atoms with E-state index < -0.39 is 0 Å². The summed E-state index contributed by atoms with van der Waals surface area (Å²) in [6.07, 6.45) is 2.04. The summed E-state index contributed by atoms with van der Waals surface area (Å²) in [6.45, 7) is 7.43.